The molecule has 1 aliphatic heterocycles. The number of rotatable bonds is 2. The fraction of sp³-hybridized carbons (Fsp3) is 0.625. The van der Waals surface area contributed by atoms with E-state index < -0.39 is 6.10 Å². The summed E-state index contributed by atoms with van der Waals surface area (Å²) in [4.78, 5) is 2.35. The van der Waals surface area contributed by atoms with Crippen LogP contribution >= 0.6 is 15.9 Å². The number of hydrogen-bond donors (Lipinski definition) is 1. The zero-order valence-electron chi connectivity index (χ0n) is 12.9. The first-order valence-corrected chi connectivity index (χ1v) is 7.82. The molecule has 1 aromatic rings. The molecule has 20 heavy (non-hydrogen) atoms. The number of aliphatic hydroxyl groups excluding tert-OH is 1. The summed E-state index contributed by atoms with van der Waals surface area (Å²) in [7, 11) is 0. The monoisotopic (exact) mass is 341 g/mol. The molecule has 0 aromatic heterocycles. The first-order chi connectivity index (χ1) is 9.10. The Labute approximate surface area is 130 Å². The van der Waals surface area contributed by atoms with Crippen molar-refractivity contribution in [1.29, 1.82) is 0 Å². The first kappa shape index (κ1) is 15.8. The first-order valence-electron chi connectivity index (χ1n) is 7.02. The molecular weight excluding hydrogens is 318 g/mol. The molecule has 0 unspecified atom stereocenters. The molecule has 1 aliphatic rings. The molecule has 1 heterocycles. The molecule has 1 fully saturated rings. The number of morpholine rings is 1. The summed E-state index contributed by atoms with van der Waals surface area (Å²) in [5.74, 6) is 0. The summed E-state index contributed by atoms with van der Waals surface area (Å²) in [5, 5.41) is 9.66. The minimum Gasteiger partial charge on any atom is -0.389 e. The molecule has 1 atom stereocenters. The van der Waals surface area contributed by atoms with Crippen LogP contribution in [0.4, 0.5) is 5.69 Å². The standard InChI is InChI=1S/C16H24BrNO2/c1-11(19)12-6-7-14(13(17)8-12)18-9-15(2,3)20-16(4,5)10-18/h6-8,11,19H,9-10H2,1-5H3/t11-/m1/s1. The molecule has 112 valence electrons. The zero-order valence-corrected chi connectivity index (χ0v) is 14.5. The summed E-state index contributed by atoms with van der Waals surface area (Å²) in [6.07, 6.45) is -0.446. The average molecular weight is 342 g/mol. The summed E-state index contributed by atoms with van der Waals surface area (Å²) in [5.41, 5.74) is 1.72. The maximum Gasteiger partial charge on any atom is 0.0808 e. The molecule has 0 spiro atoms. The largest absolute Gasteiger partial charge is 0.389 e. The van der Waals surface area contributed by atoms with Crippen LogP contribution in [-0.2, 0) is 4.74 Å². The second-order valence-electron chi connectivity index (χ2n) is 6.86. The van der Waals surface area contributed by atoms with Gasteiger partial charge in [-0.25, -0.2) is 0 Å². The highest BCUT2D eigenvalue weighted by Gasteiger charge is 2.38. The van der Waals surface area contributed by atoms with Crippen LogP contribution in [0, 0.1) is 0 Å². The predicted octanol–water partition coefficient (Wildman–Crippen LogP) is 3.90. The normalized spacial score (nSPS) is 22.6. The Kier molecular flexibility index (Phi) is 4.20. The number of anilines is 1. The molecule has 1 aromatic carbocycles. The van der Waals surface area contributed by atoms with E-state index in [1.165, 1.54) is 0 Å². The summed E-state index contributed by atoms with van der Waals surface area (Å²) < 4.78 is 7.14. The number of hydrogen-bond acceptors (Lipinski definition) is 3. The average Bonchev–Trinajstić information content (AvgIpc) is 2.24. The van der Waals surface area contributed by atoms with E-state index in [0.29, 0.717) is 0 Å². The summed E-state index contributed by atoms with van der Waals surface area (Å²) in [6.45, 7) is 12.0. The van der Waals surface area contributed by atoms with Crippen LogP contribution in [0.1, 0.15) is 46.3 Å². The summed E-state index contributed by atoms with van der Waals surface area (Å²) >= 11 is 3.63. The third kappa shape index (κ3) is 3.54. The Hall–Kier alpha value is -0.580. The van der Waals surface area contributed by atoms with Crippen LogP contribution in [0.5, 0.6) is 0 Å². The van der Waals surface area contributed by atoms with E-state index in [4.69, 9.17) is 4.74 Å². The van der Waals surface area contributed by atoms with Crippen molar-refractivity contribution in [2.24, 2.45) is 0 Å². The van der Waals surface area contributed by atoms with Crippen molar-refractivity contribution in [3.05, 3.63) is 28.2 Å². The van der Waals surface area contributed by atoms with Gasteiger partial charge in [0, 0.05) is 17.6 Å². The summed E-state index contributed by atoms with van der Waals surface area (Å²) in [6, 6.07) is 6.05. The molecule has 4 heteroatoms. The van der Waals surface area contributed by atoms with E-state index in [0.717, 1.165) is 28.8 Å². The van der Waals surface area contributed by atoms with Gasteiger partial charge in [0.25, 0.3) is 0 Å². The van der Waals surface area contributed by atoms with Gasteiger partial charge in [-0.05, 0) is 68.2 Å². The van der Waals surface area contributed by atoms with Gasteiger partial charge in [0.15, 0.2) is 0 Å². The Balaban J connectivity index is 2.31. The molecule has 1 saturated heterocycles. The number of ether oxygens (including phenoxy) is 1. The topological polar surface area (TPSA) is 32.7 Å². The molecule has 0 bridgehead atoms. The Morgan fingerprint density at radius 1 is 1.20 bits per heavy atom. The van der Waals surface area contributed by atoms with Crippen LogP contribution in [-0.4, -0.2) is 29.4 Å². The maximum atomic E-state index is 9.66. The van der Waals surface area contributed by atoms with E-state index >= 15 is 0 Å². The third-order valence-corrected chi connectivity index (χ3v) is 4.13. The predicted molar refractivity (Wildman–Crippen MR) is 86.2 cm³/mol. The lowest BCUT2D eigenvalue weighted by atomic mass is 9.98. The van der Waals surface area contributed by atoms with E-state index in [1.54, 1.807) is 6.92 Å². The molecule has 0 amide bonds. The Bertz CT molecular complexity index is 481. The highest BCUT2D eigenvalue weighted by molar-refractivity contribution is 9.10. The molecule has 3 nitrogen and oxygen atoms in total. The lowest BCUT2D eigenvalue weighted by Crippen LogP contribution is -2.57. The van der Waals surface area contributed by atoms with Gasteiger partial charge in [-0.1, -0.05) is 6.07 Å². The maximum absolute atomic E-state index is 9.66. The smallest absolute Gasteiger partial charge is 0.0808 e. The van der Waals surface area contributed by atoms with Crippen molar-refractivity contribution in [2.75, 3.05) is 18.0 Å². The second-order valence-corrected chi connectivity index (χ2v) is 7.72. The molecule has 0 radical (unpaired) electrons. The van der Waals surface area contributed by atoms with Crippen LogP contribution < -0.4 is 4.90 Å². The van der Waals surface area contributed by atoms with E-state index in [2.05, 4.69) is 54.6 Å². The highest BCUT2D eigenvalue weighted by Crippen LogP contribution is 2.36. The van der Waals surface area contributed by atoms with Crippen LogP contribution in [0.25, 0.3) is 0 Å². The SMILES string of the molecule is C[C@@H](O)c1ccc(N2CC(C)(C)OC(C)(C)C2)c(Br)c1. The van der Waals surface area contributed by atoms with Crippen LogP contribution in [0.3, 0.4) is 0 Å². The zero-order chi connectivity index (χ0) is 15.1. The van der Waals surface area contributed by atoms with Gasteiger partial charge < -0.3 is 14.7 Å². The van der Waals surface area contributed by atoms with E-state index in [9.17, 15) is 5.11 Å². The van der Waals surface area contributed by atoms with Gasteiger partial charge in [-0.15, -0.1) is 0 Å². The Morgan fingerprint density at radius 2 is 1.75 bits per heavy atom. The van der Waals surface area contributed by atoms with Gasteiger partial charge in [0.1, 0.15) is 0 Å². The minimum atomic E-state index is -0.446. The van der Waals surface area contributed by atoms with E-state index in [1.807, 2.05) is 12.1 Å². The molecule has 0 aliphatic carbocycles. The quantitative estimate of drug-likeness (QED) is 0.885. The molecule has 1 N–H and O–H groups in total. The number of halogens is 1. The van der Waals surface area contributed by atoms with Gasteiger partial charge >= 0.3 is 0 Å². The Morgan fingerprint density at radius 3 is 2.20 bits per heavy atom. The molecule has 0 saturated carbocycles. The number of aliphatic hydroxyl groups is 1. The van der Waals surface area contributed by atoms with Crippen molar-refractivity contribution in [1.82, 2.24) is 0 Å². The van der Waals surface area contributed by atoms with Crippen molar-refractivity contribution < 1.29 is 9.84 Å². The fourth-order valence-corrected chi connectivity index (χ4v) is 3.64. The minimum absolute atomic E-state index is 0.176. The van der Waals surface area contributed by atoms with Crippen molar-refractivity contribution in [3.63, 3.8) is 0 Å². The van der Waals surface area contributed by atoms with Gasteiger partial charge in [-0.2, -0.15) is 0 Å². The van der Waals surface area contributed by atoms with Gasteiger partial charge in [0.05, 0.1) is 23.0 Å². The lowest BCUT2D eigenvalue weighted by molar-refractivity contribution is -0.133. The van der Waals surface area contributed by atoms with E-state index in [-0.39, 0.29) is 11.2 Å². The third-order valence-electron chi connectivity index (χ3n) is 3.49. The van der Waals surface area contributed by atoms with Crippen LogP contribution in [0.15, 0.2) is 22.7 Å². The number of nitrogens with zero attached hydrogens (tertiary/aromatic N) is 1. The fourth-order valence-electron chi connectivity index (χ4n) is 3.00. The van der Waals surface area contributed by atoms with Crippen LogP contribution in [0.2, 0.25) is 0 Å². The molecule has 2 rings (SSSR count). The van der Waals surface area contributed by atoms with Gasteiger partial charge in [-0.3, -0.25) is 0 Å². The highest BCUT2D eigenvalue weighted by atomic mass is 79.9. The van der Waals surface area contributed by atoms with Crippen molar-refractivity contribution in [2.45, 2.75) is 51.9 Å². The molecular formula is C16H24BrNO2. The van der Waals surface area contributed by atoms with Crippen molar-refractivity contribution >= 4 is 21.6 Å². The number of benzene rings is 1. The second kappa shape index (κ2) is 5.32. The van der Waals surface area contributed by atoms with Gasteiger partial charge in [0.2, 0.25) is 0 Å². The lowest BCUT2D eigenvalue weighted by Gasteiger charge is -2.48. The van der Waals surface area contributed by atoms with Crippen molar-refractivity contribution in [3.8, 4) is 0 Å².